The van der Waals surface area contributed by atoms with Gasteiger partial charge in [0.05, 0.1) is 6.17 Å². The Morgan fingerprint density at radius 2 is 1.68 bits per heavy atom. The molecule has 0 fully saturated rings. The zero-order valence-electron chi connectivity index (χ0n) is 18.8. The summed E-state index contributed by atoms with van der Waals surface area (Å²) in [4.78, 5) is 0. The zero-order chi connectivity index (χ0) is 24.5. The molecule has 0 saturated carbocycles. The maximum atomic E-state index is 17.1. The molecular weight excluding hydrogens is 443 g/mol. The van der Waals surface area contributed by atoms with Gasteiger partial charge in [0.1, 0.15) is 0 Å². The van der Waals surface area contributed by atoms with Crippen LogP contribution in [0.25, 0.3) is 10.8 Å². The smallest absolute Gasteiger partial charge is 0.194 e. The van der Waals surface area contributed by atoms with Crippen LogP contribution in [0.3, 0.4) is 0 Å². The average molecular weight is 466 g/mol. The average Bonchev–Trinajstić information content (AvgIpc) is 2.80. The molecule has 0 aromatic heterocycles. The number of fused-ring (bicyclic) bond motifs is 1. The van der Waals surface area contributed by atoms with Crippen molar-refractivity contribution >= 4 is 10.8 Å². The first-order chi connectivity index (χ1) is 16.2. The van der Waals surface area contributed by atoms with Gasteiger partial charge in [0, 0.05) is 23.1 Å². The standard InChI is InChI=1S/C29H23F5/c1-18(15-19(2)30)24-9-5-6-14-29(24,34)27-22(13-12-21-7-3-4-8-23(21)27)11-10-20-16-25(31)28(33)26(32)17-20/h3-9,12-13,16-19H,14-15H2,1-2H3. The molecule has 0 heterocycles. The van der Waals surface area contributed by atoms with Crippen molar-refractivity contribution in [3.8, 4) is 11.8 Å². The summed E-state index contributed by atoms with van der Waals surface area (Å²) in [5.41, 5.74) is -0.893. The Balaban J connectivity index is 1.91. The summed E-state index contributed by atoms with van der Waals surface area (Å²) >= 11 is 0. The fourth-order valence-corrected chi connectivity index (χ4v) is 4.64. The highest BCUT2D eigenvalue weighted by molar-refractivity contribution is 5.89. The van der Waals surface area contributed by atoms with Gasteiger partial charge in [-0.3, -0.25) is 0 Å². The second-order valence-corrected chi connectivity index (χ2v) is 8.69. The minimum absolute atomic E-state index is 0.0479. The Morgan fingerprint density at radius 1 is 0.971 bits per heavy atom. The van der Waals surface area contributed by atoms with E-state index in [1.165, 1.54) is 6.92 Å². The molecule has 3 unspecified atom stereocenters. The Hall–Kier alpha value is -3.39. The van der Waals surface area contributed by atoms with E-state index >= 15 is 4.39 Å². The largest absolute Gasteiger partial charge is 0.248 e. The van der Waals surface area contributed by atoms with Gasteiger partial charge < -0.3 is 0 Å². The summed E-state index contributed by atoms with van der Waals surface area (Å²) in [6.45, 7) is 3.25. The fraction of sp³-hybridized carbons (Fsp3) is 0.241. The van der Waals surface area contributed by atoms with E-state index in [0.29, 0.717) is 22.1 Å². The first-order valence-electron chi connectivity index (χ1n) is 11.1. The maximum Gasteiger partial charge on any atom is 0.194 e. The lowest BCUT2D eigenvalue weighted by Crippen LogP contribution is -2.30. The van der Waals surface area contributed by atoms with Gasteiger partial charge >= 0.3 is 0 Å². The lowest BCUT2D eigenvalue weighted by molar-refractivity contribution is 0.189. The quantitative estimate of drug-likeness (QED) is 0.207. The van der Waals surface area contributed by atoms with Gasteiger partial charge in [-0.05, 0) is 53.8 Å². The Morgan fingerprint density at radius 3 is 2.38 bits per heavy atom. The summed E-state index contributed by atoms with van der Waals surface area (Å²) < 4.78 is 71.6. The first-order valence-corrected chi connectivity index (χ1v) is 11.1. The summed E-state index contributed by atoms with van der Waals surface area (Å²) in [5.74, 6) is 0.867. The summed E-state index contributed by atoms with van der Waals surface area (Å²) in [7, 11) is 0. The summed E-state index contributed by atoms with van der Waals surface area (Å²) in [6, 6.07) is 12.4. The molecule has 0 saturated heterocycles. The van der Waals surface area contributed by atoms with E-state index < -0.39 is 29.3 Å². The van der Waals surface area contributed by atoms with E-state index in [0.717, 1.165) is 17.5 Å². The highest BCUT2D eigenvalue weighted by atomic mass is 19.2. The molecule has 1 aliphatic rings. The minimum Gasteiger partial charge on any atom is -0.248 e. The Kier molecular flexibility index (Phi) is 6.61. The van der Waals surface area contributed by atoms with Crippen LogP contribution in [-0.2, 0) is 5.67 Å². The molecule has 0 spiro atoms. The molecule has 3 atom stereocenters. The van der Waals surface area contributed by atoms with Crippen LogP contribution in [0, 0.1) is 35.2 Å². The van der Waals surface area contributed by atoms with Gasteiger partial charge in [0.2, 0.25) is 0 Å². The van der Waals surface area contributed by atoms with Crippen molar-refractivity contribution in [1.29, 1.82) is 0 Å². The van der Waals surface area contributed by atoms with Crippen molar-refractivity contribution in [3.05, 3.63) is 106 Å². The normalized spacial score (nSPS) is 19.3. The third-order valence-corrected chi connectivity index (χ3v) is 6.13. The topological polar surface area (TPSA) is 0 Å². The van der Waals surface area contributed by atoms with E-state index in [-0.39, 0.29) is 24.3 Å². The minimum atomic E-state index is -1.95. The molecule has 34 heavy (non-hydrogen) atoms. The van der Waals surface area contributed by atoms with E-state index in [2.05, 4.69) is 11.8 Å². The van der Waals surface area contributed by atoms with E-state index in [9.17, 15) is 17.6 Å². The summed E-state index contributed by atoms with van der Waals surface area (Å²) in [6.07, 6.45) is 4.31. The van der Waals surface area contributed by atoms with Gasteiger partial charge in [-0.1, -0.05) is 67.3 Å². The van der Waals surface area contributed by atoms with Gasteiger partial charge in [-0.15, -0.1) is 0 Å². The van der Waals surface area contributed by atoms with Crippen molar-refractivity contribution in [2.24, 2.45) is 5.92 Å². The molecule has 4 rings (SSSR count). The fourth-order valence-electron chi connectivity index (χ4n) is 4.64. The van der Waals surface area contributed by atoms with Crippen molar-refractivity contribution in [2.75, 3.05) is 0 Å². The lowest BCUT2D eigenvalue weighted by atomic mass is 9.73. The van der Waals surface area contributed by atoms with Gasteiger partial charge in [0.25, 0.3) is 0 Å². The van der Waals surface area contributed by atoms with Crippen LogP contribution in [0.15, 0.2) is 72.3 Å². The van der Waals surface area contributed by atoms with E-state index in [1.54, 1.807) is 49.4 Å². The highest BCUT2D eigenvalue weighted by Gasteiger charge is 2.41. The maximum absolute atomic E-state index is 17.1. The van der Waals surface area contributed by atoms with Crippen molar-refractivity contribution < 1.29 is 22.0 Å². The van der Waals surface area contributed by atoms with Crippen LogP contribution in [0.5, 0.6) is 0 Å². The number of alkyl halides is 2. The molecule has 5 heteroatoms. The molecule has 0 bridgehead atoms. The number of hydrogen-bond donors (Lipinski definition) is 0. The van der Waals surface area contributed by atoms with Crippen molar-refractivity contribution in [1.82, 2.24) is 0 Å². The number of rotatable bonds is 4. The van der Waals surface area contributed by atoms with Crippen LogP contribution < -0.4 is 0 Å². The van der Waals surface area contributed by atoms with Crippen molar-refractivity contribution in [2.45, 2.75) is 38.5 Å². The number of halogens is 5. The molecule has 0 radical (unpaired) electrons. The first kappa shape index (κ1) is 23.8. The van der Waals surface area contributed by atoms with Crippen LogP contribution in [0.1, 0.15) is 43.4 Å². The summed E-state index contributed by atoms with van der Waals surface area (Å²) in [5, 5.41) is 1.45. The van der Waals surface area contributed by atoms with Gasteiger partial charge in [-0.2, -0.15) is 0 Å². The van der Waals surface area contributed by atoms with E-state index in [1.807, 2.05) is 12.1 Å². The van der Waals surface area contributed by atoms with Crippen LogP contribution >= 0.6 is 0 Å². The van der Waals surface area contributed by atoms with Crippen LogP contribution in [0.4, 0.5) is 22.0 Å². The molecule has 0 aliphatic heterocycles. The number of allylic oxidation sites excluding steroid dienone is 4. The Labute approximate surface area is 195 Å². The second-order valence-electron chi connectivity index (χ2n) is 8.69. The molecule has 3 aromatic carbocycles. The molecule has 1 aliphatic carbocycles. The molecule has 3 aromatic rings. The predicted octanol–water partition coefficient (Wildman–Crippen LogP) is 8.09. The zero-order valence-corrected chi connectivity index (χ0v) is 18.8. The van der Waals surface area contributed by atoms with Crippen LogP contribution in [0.2, 0.25) is 0 Å². The van der Waals surface area contributed by atoms with Gasteiger partial charge in [-0.25, -0.2) is 22.0 Å². The number of benzene rings is 3. The van der Waals surface area contributed by atoms with E-state index in [4.69, 9.17) is 0 Å². The molecular formula is C29H23F5. The molecule has 0 nitrogen and oxygen atoms in total. The third-order valence-electron chi connectivity index (χ3n) is 6.13. The van der Waals surface area contributed by atoms with Crippen LogP contribution in [-0.4, -0.2) is 6.17 Å². The molecule has 0 N–H and O–H groups in total. The van der Waals surface area contributed by atoms with Gasteiger partial charge in [0.15, 0.2) is 23.1 Å². The van der Waals surface area contributed by atoms with Crippen molar-refractivity contribution in [3.63, 3.8) is 0 Å². The second kappa shape index (κ2) is 9.46. The monoisotopic (exact) mass is 466 g/mol. The lowest BCUT2D eigenvalue weighted by Gasteiger charge is -2.35. The molecule has 174 valence electrons. The Bertz CT molecular complexity index is 1330. The molecule has 0 amide bonds. The highest BCUT2D eigenvalue weighted by Crippen LogP contribution is 2.48. The predicted molar refractivity (Wildman–Crippen MR) is 125 cm³/mol. The number of hydrogen-bond acceptors (Lipinski definition) is 0. The SMILES string of the molecule is CC(F)CC(C)C1=CC=CCC1(F)c1c(C#Cc2cc(F)c(F)c(F)c2)ccc2ccccc12. The third kappa shape index (κ3) is 4.50.